The van der Waals surface area contributed by atoms with Gasteiger partial charge in [-0.05, 0) is 91.7 Å². The van der Waals surface area contributed by atoms with Gasteiger partial charge >= 0.3 is 0 Å². The van der Waals surface area contributed by atoms with Crippen molar-refractivity contribution in [2.45, 2.75) is 0 Å². The Bertz CT molecular complexity index is 867. The molecule has 0 saturated heterocycles. The minimum atomic E-state index is 1.28. The lowest BCUT2D eigenvalue weighted by Gasteiger charge is -2.00. The van der Waals surface area contributed by atoms with E-state index in [0.717, 1.165) is 0 Å². The lowest BCUT2D eigenvalue weighted by molar-refractivity contribution is 1.59. The molecule has 0 amide bonds. The summed E-state index contributed by atoms with van der Waals surface area (Å²) in [6.45, 7) is 0. The zero-order valence-electron chi connectivity index (χ0n) is 14.1. The van der Waals surface area contributed by atoms with E-state index in [1.54, 1.807) is 0 Å². The fourth-order valence-corrected chi connectivity index (χ4v) is 3.68. The van der Waals surface area contributed by atoms with Crippen molar-refractivity contribution in [3.8, 4) is 22.3 Å². The molecule has 128 valence electrons. The smallest absolute Gasteiger partial charge is 0.0136 e. The molecule has 0 aromatic heterocycles. The van der Waals surface area contributed by atoms with Crippen LogP contribution in [0.25, 0.3) is 22.3 Å². The van der Waals surface area contributed by atoms with Gasteiger partial charge in [0.25, 0.3) is 0 Å². The fraction of sp³-hybridized carbons (Fsp3) is 0. The zero-order chi connectivity index (χ0) is 18.2. The third-order valence-corrected chi connectivity index (χ3v) is 5.21. The molecule has 0 radical (unpaired) electrons. The molecular weight excluding hydrogens is 542 g/mol. The summed E-state index contributed by atoms with van der Waals surface area (Å²) in [4.78, 5) is 0. The van der Waals surface area contributed by atoms with Crippen molar-refractivity contribution in [1.82, 2.24) is 0 Å². The van der Waals surface area contributed by atoms with Gasteiger partial charge in [-0.2, -0.15) is 0 Å². The van der Waals surface area contributed by atoms with Gasteiger partial charge in [0.05, 0.1) is 0 Å². The number of benzene rings is 4. The van der Waals surface area contributed by atoms with Gasteiger partial charge in [-0.25, -0.2) is 0 Å². The maximum Gasteiger partial charge on any atom is 0.0136 e. The van der Waals surface area contributed by atoms with Gasteiger partial charge in [0.15, 0.2) is 0 Å². The monoisotopic (exact) mass is 560 g/mol. The molecule has 0 unspecified atom stereocenters. The molecule has 0 bridgehead atoms. The first kappa shape index (κ1) is 19.1. The van der Waals surface area contributed by atoms with E-state index < -0.39 is 0 Å². The van der Waals surface area contributed by atoms with E-state index in [1.165, 1.54) is 29.4 Å². The van der Waals surface area contributed by atoms with Crippen LogP contribution in [0.1, 0.15) is 0 Å². The molecule has 0 aliphatic rings. The molecule has 4 aromatic carbocycles. The van der Waals surface area contributed by atoms with Gasteiger partial charge in [-0.15, -0.1) is 0 Å². The second-order valence-electron chi connectivity index (χ2n) is 5.75. The van der Waals surface area contributed by atoms with Gasteiger partial charge in [0.1, 0.15) is 0 Å². The molecule has 0 aliphatic carbocycles. The van der Waals surface area contributed by atoms with Crippen LogP contribution < -0.4 is 0 Å². The molecule has 0 saturated carbocycles. The van der Waals surface area contributed by atoms with Crippen LogP contribution in [-0.4, -0.2) is 0 Å². The predicted molar refractivity (Wildman–Crippen MR) is 129 cm³/mol. The van der Waals surface area contributed by atoms with Crippen LogP contribution in [0.4, 0.5) is 0 Å². The first-order chi connectivity index (χ1) is 12.7. The highest BCUT2D eigenvalue weighted by Gasteiger charge is 1.96. The standard InChI is InChI=1S/2C12H9I/c2*13-12-8-4-7-11(9-12)10-5-2-1-3-6-10/h2*1-9H. The number of halogens is 2. The van der Waals surface area contributed by atoms with E-state index in [2.05, 4.69) is 142 Å². The summed E-state index contributed by atoms with van der Waals surface area (Å²) in [5.74, 6) is 0. The predicted octanol–water partition coefficient (Wildman–Crippen LogP) is 7.92. The third kappa shape index (κ3) is 5.68. The average molecular weight is 560 g/mol. The molecule has 0 spiro atoms. The van der Waals surface area contributed by atoms with Crippen LogP contribution in [0, 0.1) is 7.14 Å². The first-order valence-electron chi connectivity index (χ1n) is 8.34. The van der Waals surface area contributed by atoms with E-state index in [0.29, 0.717) is 0 Å². The molecule has 26 heavy (non-hydrogen) atoms. The Balaban J connectivity index is 0.000000151. The molecule has 0 atom stereocenters. The SMILES string of the molecule is Ic1cccc(-c2ccccc2)c1.Ic1cccc(-c2ccccc2)c1. The Morgan fingerprint density at radius 3 is 1.04 bits per heavy atom. The van der Waals surface area contributed by atoms with Crippen molar-refractivity contribution < 1.29 is 0 Å². The summed E-state index contributed by atoms with van der Waals surface area (Å²) in [6.07, 6.45) is 0. The average Bonchev–Trinajstić information content (AvgIpc) is 2.70. The van der Waals surface area contributed by atoms with Gasteiger partial charge in [-0.3, -0.25) is 0 Å². The summed E-state index contributed by atoms with van der Waals surface area (Å²) in [7, 11) is 0. The van der Waals surface area contributed by atoms with Crippen molar-refractivity contribution >= 4 is 45.2 Å². The number of rotatable bonds is 2. The quantitative estimate of drug-likeness (QED) is 0.219. The van der Waals surface area contributed by atoms with E-state index in [4.69, 9.17) is 0 Å². The van der Waals surface area contributed by atoms with Gasteiger partial charge < -0.3 is 0 Å². The second-order valence-corrected chi connectivity index (χ2v) is 8.24. The summed E-state index contributed by atoms with van der Waals surface area (Å²) in [6, 6.07) is 37.9. The largest absolute Gasteiger partial charge is 0.0622 e. The fourth-order valence-electron chi connectivity index (χ4n) is 2.60. The Hall–Kier alpha value is -1.66. The topological polar surface area (TPSA) is 0 Å². The maximum atomic E-state index is 2.33. The van der Waals surface area contributed by atoms with Crippen molar-refractivity contribution in [3.05, 3.63) is 116 Å². The molecule has 2 heteroatoms. The molecule has 0 aliphatic heterocycles. The highest BCUT2D eigenvalue weighted by atomic mass is 127. The van der Waals surface area contributed by atoms with Crippen LogP contribution in [0.2, 0.25) is 0 Å². The van der Waals surface area contributed by atoms with Crippen molar-refractivity contribution in [2.24, 2.45) is 0 Å². The highest BCUT2D eigenvalue weighted by molar-refractivity contribution is 14.1. The number of hydrogen-bond donors (Lipinski definition) is 0. The molecular formula is C24H18I2. The Morgan fingerprint density at radius 2 is 0.692 bits per heavy atom. The first-order valence-corrected chi connectivity index (χ1v) is 10.5. The van der Waals surface area contributed by atoms with Crippen LogP contribution >= 0.6 is 45.2 Å². The van der Waals surface area contributed by atoms with E-state index in [1.807, 2.05) is 12.1 Å². The molecule has 0 heterocycles. The van der Waals surface area contributed by atoms with Crippen molar-refractivity contribution in [3.63, 3.8) is 0 Å². The Morgan fingerprint density at radius 1 is 0.346 bits per heavy atom. The second kappa shape index (κ2) is 9.88. The van der Waals surface area contributed by atoms with E-state index in [9.17, 15) is 0 Å². The summed E-state index contributed by atoms with van der Waals surface area (Å²) in [5.41, 5.74) is 5.13. The summed E-state index contributed by atoms with van der Waals surface area (Å²) >= 11 is 4.66. The summed E-state index contributed by atoms with van der Waals surface area (Å²) < 4.78 is 2.55. The zero-order valence-corrected chi connectivity index (χ0v) is 18.5. The third-order valence-electron chi connectivity index (χ3n) is 3.86. The Kier molecular flexibility index (Phi) is 7.26. The van der Waals surface area contributed by atoms with Gasteiger partial charge in [0, 0.05) is 7.14 Å². The number of hydrogen-bond acceptors (Lipinski definition) is 0. The minimum absolute atomic E-state index is 1.28. The molecule has 4 rings (SSSR count). The van der Waals surface area contributed by atoms with Crippen molar-refractivity contribution in [2.75, 3.05) is 0 Å². The van der Waals surface area contributed by atoms with Gasteiger partial charge in [0.2, 0.25) is 0 Å². The van der Waals surface area contributed by atoms with E-state index in [-0.39, 0.29) is 0 Å². The van der Waals surface area contributed by atoms with Crippen molar-refractivity contribution in [1.29, 1.82) is 0 Å². The van der Waals surface area contributed by atoms with Gasteiger partial charge in [-0.1, -0.05) is 84.9 Å². The van der Waals surface area contributed by atoms with Crippen LogP contribution in [-0.2, 0) is 0 Å². The van der Waals surface area contributed by atoms with Crippen LogP contribution in [0.15, 0.2) is 109 Å². The molecule has 0 N–H and O–H groups in total. The highest BCUT2D eigenvalue weighted by Crippen LogP contribution is 2.21. The molecule has 0 nitrogen and oxygen atoms in total. The Labute approximate surface area is 182 Å². The molecule has 4 aromatic rings. The van der Waals surface area contributed by atoms with Crippen LogP contribution in [0.5, 0.6) is 0 Å². The van der Waals surface area contributed by atoms with Crippen LogP contribution in [0.3, 0.4) is 0 Å². The lowest BCUT2D eigenvalue weighted by atomic mass is 10.1. The molecule has 0 fully saturated rings. The minimum Gasteiger partial charge on any atom is -0.0622 e. The summed E-state index contributed by atoms with van der Waals surface area (Å²) in [5, 5.41) is 0. The maximum absolute atomic E-state index is 2.33. The normalized spacial score (nSPS) is 9.92. The lowest BCUT2D eigenvalue weighted by Crippen LogP contribution is -1.77. The van der Waals surface area contributed by atoms with E-state index >= 15 is 0 Å².